The number of halogens is 1. The van der Waals surface area contributed by atoms with Crippen molar-refractivity contribution in [2.24, 2.45) is 0 Å². The number of carbonyl (C=O) groups excluding carboxylic acids is 1. The Hall–Kier alpha value is -1.89. The SMILES string of the molecule is CN1C(=O)Cc2cc(S(=O)(=O)NCC(C)(C)c3ccc(Cl)cc3)ccc21. The highest BCUT2D eigenvalue weighted by atomic mass is 35.5. The van der Waals surface area contributed by atoms with Crippen LogP contribution in [0.25, 0.3) is 0 Å². The molecule has 0 fully saturated rings. The Bertz CT molecular complexity index is 953. The van der Waals surface area contributed by atoms with E-state index in [4.69, 9.17) is 11.6 Å². The zero-order valence-corrected chi connectivity index (χ0v) is 16.5. The molecule has 0 atom stereocenters. The van der Waals surface area contributed by atoms with Crippen molar-refractivity contribution in [1.82, 2.24) is 4.72 Å². The van der Waals surface area contributed by atoms with E-state index < -0.39 is 15.4 Å². The van der Waals surface area contributed by atoms with Gasteiger partial charge in [0, 0.05) is 29.7 Å². The largest absolute Gasteiger partial charge is 0.315 e. The van der Waals surface area contributed by atoms with E-state index in [0.29, 0.717) is 5.02 Å². The molecule has 0 aromatic heterocycles. The molecular weight excluding hydrogens is 372 g/mol. The second kappa shape index (κ2) is 6.68. The predicted octanol–water partition coefficient (Wildman–Crippen LogP) is 3.12. The van der Waals surface area contributed by atoms with Gasteiger partial charge in [-0.05, 0) is 41.5 Å². The molecule has 0 aliphatic carbocycles. The molecule has 0 saturated carbocycles. The third-order valence-corrected chi connectivity index (χ3v) is 6.42. The molecule has 1 aliphatic rings. The first kappa shape index (κ1) is 18.9. The lowest BCUT2D eigenvalue weighted by Crippen LogP contribution is -2.36. The van der Waals surface area contributed by atoms with Crippen LogP contribution in [0.3, 0.4) is 0 Å². The summed E-state index contributed by atoms with van der Waals surface area (Å²) in [4.78, 5) is 13.5. The van der Waals surface area contributed by atoms with Crippen molar-refractivity contribution in [2.75, 3.05) is 18.5 Å². The van der Waals surface area contributed by atoms with Gasteiger partial charge in [-0.25, -0.2) is 13.1 Å². The maximum Gasteiger partial charge on any atom is 0.240 e. The molecule has 0 radical (unpaired) electrons. The van der Waals surface area contributed by atoms with Crippen molar-refractivity contribution in [3.63, 3.8) is 0 Å². The van der Waals surface area contributed by atoms with Crippen LogP contribution in [0.4, 0.5) is 5.69 Å². The van der Waals surface area contributed by atoms with Gasteiger partial charge in [0.2, 0.25) is 15.9 Å². The summed E-state index contributed by atoms with van der Waals surface area (Å²) in [7, 11) is -1.98. The fraction of sp³-hybridized carbons (Fsp3) is 0.316. The molecule has 2 aromatic rings. The lowest BCUT2D eigenvalue weighted by molar-refractivity contribution is -0.117. The second-order valence-corrected chi connectivity index (χ2v) is 9.34. The number of nitrogens with zero attached hydrogens (tertiary/aromatic N) is 1. The summed E-state index contributed by atoms with van der Waals surface area (Å²) in [6, 6.07) is 12.2. The molecule has 0 saturated heterocycles. The molecule has 1 heterocycles. The van der Waals surface area contributed by atoms with Gasteiger partial charge in [0.25, 0.3) is 0 Å². The summed E-state index contributed by atoms with van der Waals surface area (Å²) in [5.41, 5.74) is 2.09. The number of rotatable bonds is 5. The number of anilines is 1. The molecule has 0 unspecified atom stereocenters. The number of hydrogen-bond donors (Lipinski definition) is 1. The summed E-state index contributed by atoms with van der Waals surface area (Å²) >= 11 is 5.92. The van der Waals surface area contributed by atoms with Crippen molar-refractivity contribution < 1.29 is 13.2 Å². The third kappa shape index (κ3) is 3.63. The van der Waals surface area contributed by atoms with Gasteiger partial charge >= 0.3 is 0 Å². The van der Waals surface area contributed by atoms with Crippen LogP contribution in [0, 0.1) is 0 Å². The Morgan fingerprint density at radius 1 is 1.15 bits per heavy atom. The molecule has 138 valence electrons. The minimum absolute atomic E-state index is 0.0358. The van der Waals surface area contributed by atoms with E-state index in [1.165, 1.54) is 6.07 Å². The van der Waals surface area contributed by atoms with Crippen LogP contribution in [-0.4, -0.2) is 27.9 Å². The molecule has 1 aliphatic heterocycles. The molecule has 0 spiro atoms. The monoisotopic (exact) mass is 392 g/mol. The normalized spacial score (nSPS) is 14.6. The van der Waals surface area contributed by atoms with Crippen LogP contribution in [0.1, 0.15) is 25.0 Å². The topological polar surface area (TPSA) is 66.5 Å². The van der Waals surface area contributed by atoms with Crippen LogP contribution in [0.5, 0.6) is 0 Å². The molecule has 3 rings (SSSR count). The number of benzene rings is 2. The van der Waals surface area contributed by atoms with E-state index >= 15 is 0 Å². The first-order chi connectivity index (χ1) is 12.1. The fourth-order valence-corrected chi connectivity index (χ4v) is 4.36. The second-order valence-electron chi connectivity index (χ2n) is 7.14. The zero-order chi connectivity index (χ0) is 19.1. The van der Waals surface area contributed by atoms with Gasteiger partial charge in [0.05, 0.1) is 11.3 Å². The van der Waals surface area contributed by atoms with Gasteiger partial charge in [-0.1, -0.05) is 37.6 Å². The summed E-state index contributed by atoms with van der Waals surface area (Å²) in [6.07, 6.45) is 0.228. The lowest BCUT2D eigenvalue weighted by atomic mass is 9.85. The van der Waals surface area contributed by atoms with Gasteiger partial charge in [0.1, 0.15) is 0 Å². The maximum absolute atomic E-state index is 12.7. The Morgan fingerprint density at radius 3 is 2.46 bits per heavy atom. The highest BCUT2D eigenvalue weighted by molar-refractivity contribution is 7.89. The average molecular weight is 393 g/mol. The van der Waals surface area contributed by atoms with E-state index in [9.17, 15) is 13.2 Å². The molecule has 1 amide bonds. The number of sulfonamides is 1. The first-order valence-corrected chi connectivity index (χ1v) is 10.1. The summed E-state index contributed by atoms with van der Waals surface area (Å²) in [5, 5.41) is 0.641. The number of fused-ring (bicyclic) bond motifs is 1. The Labute approximate surface area is 159 Å². The number of nitrogens with one attached hydrogen (secondary N) is 1. The Balaban J connectivity index is 1.78. The number of carbonyl (C=O) groups is 1. The summed E-state index contributed by atoms with van der Waals surface area (Å²) < 4.78 is 28.1. The van der Waals surface area contributed by atoms with Crippen LogP contribution in [0.2, 0.25) is 5.02 Å². The minimum atomic E-state index is -3.67. The van der Waals surface area contributed by atoms with Crippen LogP contribution in [0.15, 0.2) is 47.4 Å². The smallest absolute Gasteiger partial charge is 0.240 e. The van der Waals surface area contributed by atoms with E-state index in [0.717, 1.165) is 16.8 Å². The van der Waals surface area contributed by atoms with Crippen molar-refractivity contribution in [3.05, 3.63) is 58.6 Å². The standard InChI is InChI=1S/C19H21ClN2O3S/c1-19(2,14-4-6-15(20)7-5-14)12-21-26(24,25)16-8-9-17-13(10-16)11-18(23)22(17)3/h4-10,21H,11-12H2,1-3H3. The van der Waals surface area contributed by atoms with Crippen LogP contribution in [-0.2, 0) is 26.7 Å². The number of hydrogen-bond acceptors (Lipinski definition) is 3. The van der Waals surface area contributed by atoms with Crippen LogP contribution < -0.4 is 9.62 Å². The quantitative estimate of drug-likeness (QED) is 0.850. The highest BCUT2D eigenvalue weighted by Gasteiger charge is 2.28. The zero-order valence-electron chi connectivity index (χ0n) is 14.9. The van der Waals surface area contributed by atoms with Crippen molar-refractivity contribution in [1.29, 1.82) is 0 Å². The van der Waals surface area contributed by atoms with Crippen molar-refractivity contribution in [2.45, 2.75) is 30.6 Å². The van der Waals surface area contributed by atoms with Gasteiger partial charge in [-0.15, -0.1) is 0 Å². The number of likely N-dealkylation sites (N-methyl/N-ethyl adjacent to an activating group) is 1. The molecule has 5 nitrogen and oxygen atoms in total. The van der Waals surface area contributed by atoms with Crippen molar-refractivity contribution in [3.8, 4) is 0 Å². The van der Waals surface area contributed by atoms with E-state index in [1.54, 1.807) is 36.2 Å². The van der Waals surface area contributed by atoms with Gasteiger partial charge in [-0.2, -0.15) is 0 Å². The molecule has 0 bridgehead atoms. The van der Waals surface area contributed by atoms with E-state index in [2.05, 4.69) is 4.72 Å². The van der Waals surface area contributed by atoms with E-state index in [-0.39, 0.29) is 23.8 Å². The Morgan fingerprint density at radius 2 is 1.81 bits per heavy atom. The lowest BCUT2D eigenvalue weighted by Gasteiger charge is -2.25. The van der Waals surface area contributed by atoms with Gasteiger partial charge in [-0.3, -0.25) is 4.79 Å². The molecular formula is C19H21ClN2O3S. The van der Waals surface area contributed by atoms with Crippen LogP contribution >= 0.6 is 11.6 Å². The summed E-state index contributed by atoms with van der Waals surface area (Å²) in [5.74, 6) is -0.0358. The summed E-state index contributed by atoms with van der Waals surface area (Å²) in [6.45, 7) is 4.18. The van der Waals surface area contributed by atoms with Gasteiger partial charge in [0.15, 0.2) is 0 Å². The van der Waals surface area contributed by atoms with Gasteiger partial charge < -0.3 is 4.90 Å². The molecule has 7 heteroatoms. The number of amides is 1. The molecule has 2 aromatic carbocycles. The maximum atomic E-state index is 12.7. The first-order valence-electron chi connectivity index (χ1n) is 8.25. The minimum Gasteiger partial charge on any atom is -0.315 e. The van der Waals surface area contributed by atoms with Crippen molar-refractivity contribution >= 4 is 33.2 Å². The average Bonchev–Trinajstić information content (AvgIpc) is 2.88. The molecule has 26 heavy (non-hydrogen) atoms. The Kier molecular flexibility index (Phi) is 4.86. The predicted molar refractivity (Wildman–Crippen MR) is 103 cm³/mol. The highest BCUT2D eigenvalue weighted by Crippen LogP contribution is 2.30. The third-order valence-electron chi connectivity index (χ3n) is 4.77. The van der Waals surface area contributed by atoms with E-state index in [1.807, 2.05) is 26.0 Å². The fourth-order valence-electron chi connectivity index (χ4n) is 2.98. The molecule has 1 N–H and O–H groups in total.